The second-order valence-corrected chi connectivity index (χ2v) is 7.49. The Kier molecular flexibility index (Phi) is 4.39. The number of hydrogen-bond donors (Lipinski definition) is 3. The number of fused-ring (bicyclic) bond motifs is 2. The van der Waals surface area contributed by atoms with E-state index in [1.165, 1.54) is 4.90 Å². The molecule has 0 radical (unpaired) electrons. The number of hydrogen-bond acceptors (Lipinski definition) is 4. The molecule has 7 heteroatoms. The van der Waals surface area contributed by atoms with Crippen LogP contribution in [0.4, 0.5) is 11.4 Å². The molecule has 3 N–H and O–H groups in total. The molecule has 2 aliphatic rings. The largest absolute Gasteiger partial charge is 0.345 e. The average molecular weight is 378 g/mol. The molecule has 2 aromatic carbocycles. The van der Waals surface area contributed by atoms with Crippen molar-refractivity contribution in [3.05, 3.63) is 59.7 Å². The van der Waals surface area contributed by atoms with Gasteiger partial charge in [-0.1, -0.05) is 18.2 Å². The van der Waals surface area contributed by atoms with Crippen LogP contribution in [0.1, 0.15) is 22.3 Å². The van der Waals surface area contributed by atoms with E-state index in [0.29, 0.717) is 24.2 Å². The minimum atomic E-state index is -0.708. The second kappa shape index (κ2) is 6.76. The summed E-state index contributed by atoms with van der Waals surface area (Å²) in [6, 6.07) is 13.9. The number of rotatable bonds is 3. The summed E-state index contributed by atoms with van der Waals surface area (Å²) in [5.74, 6) is -0.355. The van der Waals surface area contributed by atoms with E-state index in [9.17, 15) is 14.4 Å². The lowest BCUT2D eigenvalue weighted by atomic mass is 9.79. The highest BCUT2D eigenvalue weighted by Crippen LogP contribution is 2.43. The molecule has 2 heterocycles. The van der Waals surface area contributed by atoms with Gasteiger partial charge in [0.05, 0.1) is 11.5 Å². The number of carbonyl (C=O) groups is 3. The van der Waals surface area contributed by atoms with Gasteiger partial charge in [-0.2, -0.15) is 0 Å². The predicted octanol–water partition coefficient (Wildman–Crippen LogP) is 1.58. The molecule has 1 fully saturated rings. The number of nitrogens with one attached hydrogen (secondary N) is 3. The Hall–Kier alpha value is -3.19. The summed E-state index contributed by atoms with van der Waals surface area (Å²) in [6.45, 7) is 0.421. The van der Waals surface area contributed by atoms with Gasteiger partial charge < -0.3 is 20.9 Å². The quantitative estimate of drug-likeness (QED) is 0.756. The Morgan fingerprint density at radius 2 is 1.82 bits per heavy atom. The maximum atomic E-state index is 12.7. The summed E-state index contributed by atoms with van der Waals surface area (Å²) < 4.78 is 0. The topological polar surface area (TPSA) is 90.5 Å². The van der Waals surface area contributed by atoms with Crippen LogP contribution in [0.3, 0.4) is 0 Å². The Balaban J connectivity index is 1.46. The summed E-state index contributed by atoms with van der Waals surface area (Å²) in [4.78, 5) is 38.8. The number of benzene rings is 2. The van der Waals surface area contributed by atoms with Gasteiger partial charge in [-0.05, 0) is 42.3 Å². The number of nitrogens with zero attached hydrogens (tertiary/aromatic N) is 1. The molecule has 2 aliphatic heterocycles. The van der Waals surface area contributed by atoms with Crippen molar-refractivity contribution in [1.29, 1.82) is 0 Å². The first kappa shape index (κ1) is 18.2. The summed E-state index contributed by atoms with van der Waals surface area (Å²) >= 11 is 0. The zero-order valence-electron chi connectivity index (χ0n) is 15.8. The van der Waals surface area contributed by atoms with Crippen molar-refractivity contribution in [3.8, 4) is 0 Å². The lowest BCUT2D eigenvalue weighted by Gasteiger charge is -2.20. The first-order valence-electron chi connectivity index (χ1n) is 9.18. The van der Waals surface area contributed by atoms with E-state index in [-0.39, 0.29) is 17.7 Å². The molecule has 28 heavy (non-hydrogen) atoms. The van der Waals surface area contributed by atoms with Crippen LogP contribution in [-0.4, -0.2) is 49.3 Å². The molecule has 0 saturated carbocycles. The first-order chi connectivity index (χ1) is 13.4. The van der Waals surface area contributed by atoms with E-state index in [2.05, 4.69) is 16.0 Å². The van der Waals surface area contributed by atoms with Crippen LogP contribution in [0.2, 0.25) is 0 Å². The molecule has 0 bridgehead atoms. The molecule has 2 aromatic rings. The van der Waals surface area contributed by atoms with E-state index in [0.717, 1.165) is 11.3 Å². The minimum absolute atomic E-state index is 0.0666. The van der Waals surface area contributed by atoms with Gasteiger partial charge in [-0.25, -0.2) is 0 Å². The zero-order valence-corrected chi connectivity index (χ0v) is 15.8. The van der Waals surface area contributed by atoms with Crippen LogP contribution in [-0.2, 0) is 15.0 Å². The lowest BCUT2D eigenvalue weighted by molar-refractivity contribution is -0.120. The molecule has 2 atom stereocenters. The van der Waals surface area contributed by atoms with Crippen LogP contribution >= 0.6 is 0 Å². The molecule has 3 amide bonds. The highest BCUT2D eigenvalue weighted by molar-refractivity contribution is 6.08. The molecule has 4 rings (SSSR count). The fourth-order valence-electron chi connectivity index (χ4n) is 3.91. The zero-order chi connectivity index (χ0) is 19.9. The Morgan fingerprint density at radius 1 is 1.11 bits per heavy atom. The number of anilines is 2. The minimum Gasteiger partial charge on any atom is -0.345 e. The predicted molar refractivity (Wildman–Crippen MR) is 106 cm³/mol. The van der Waals surface area contributed by atoms with Gasteiger partial charge in [0.25, 0.3) is 5.91 Å². The van der Waals surface area contributed by atoms with Crippen molar-refractivity contribution >= 4 is 29.1 Å². The van der Waals surface area contributed by atoms with Crippen molar-refractivity contribution in [2.24, 2.45) is 0 Å². The van der Waals surface area contributed by atoms with Gasteiger partial charge in [-0.3, -0.25) is 14.4 Å². The molecule has 144 valence electrons. The van der Waals surface area contributed by atoms with Gasteiger partial charge in [-0.15, -0.1) is 0 Å². The Bertz CT molecular complexity index is 954. The van der Waals surface area contributed by atoms with Crippen molar-refractivity contribution in [2.45, 2.75) is 17.9 Å². The molecule has 0 aliphatic carbocycles. The smallest absolute Gasteiger partial charge is 0.253 e. The highest BCUT2D eigenvalue weighted by Gasteiger charge is 2.52. The molecule has 7 nitrogen and oxygen atoms in total. The molecule has 2 unspecified atom stereocenters. The number of carbonyl (C=O) groups excluding carboxylic acids is 3. The summed E-state index contributed by atoms with van der Waals surface area (Å²) in [7, 11) is 3.38. The van der Waals surface area contributed by atoms with Crippen molar-refractivity contribution < 1.29 is 14.4 Å². The van der Waals surface area contributed by atoms with Crippen molar-refractivity contribution in [3.63, 3.8) is 0 Å². The Morgan fingerprint density at radius 3 is 2.54 bits per heavy atom. The first-order valence-corrected chi connectivity index (χ1v) is 9.18. The molecular weight excluding hydrogens is 356 g/mol. The van der Waals surface area contributed by atoms with E-state index >= 15 is 0 Å². The van der Waals surface area contributed by atoms with Crippen LogP contribution in [0.5, 0.6) is 0 Å². The third-order valence-electron chi connectivity index (χ3n) is 5.45. The van der Waals surface area contributed by atoms with Crippen molar-refractivity contribution in [1.82, 2.24) is 10.2 Å². The van der Waals surface area contributed by atoms with E-state index in [1.807, 2.05) is 24.3 Å². The average Bonchev–Trinajstić information content (AvgIpc) is 3.25. The van der Waals surface area contributed by atoms with Gasteiger partial charge in [0.1, 0.15) is 0 Å². The highest BCUT2D eigenvalue weighted by atomic mass is 16.2. The van der Waals surface area contributed by atoms with Crippen molar-refractivity contribution in [2.75, 3.05) is 31.3 Å². The molecule has 1 saturated heterocycles. The monoisotopic (exact) mass is 378 g/mol. The van der Waals surface area contributed by atoms with Gasteiger partial charge in [0.2, 0.25) is 11.8 Å². The van der Waals surface area contributed by atoms with Crippen LogP contribution in [0.15, 0.2) is 48.5 Å². The normalized spacial score (nSPS) is 22.6. The molecular formula is C21H22N4O3. The molecule has 1 spiro atoms. The number of para-hydroxylation sites is 1. The maximum absolute atomic E-state index is 12.7. The van der Waals surface area contributed by atoms with Gasteiger partial charge in [0, 0.05) is 37.6 Å². The lowest BCUT2D eigenvalue weighted by Crippen LogP contribution is -2.36. The standard InChI is InChI=1S/C21H22N4O3/c1-25(2)19(27)13-7-9-14(10-8-13)23-18(26)17-11-21(12-22-17)15-5-3-4-6-16(15)24-20(21)28/h3-10,17,22H,11-12H2,1-2H3,(H,23,26)(H,24,28). The third kappa shape index (κ3) is 2.93. The van der Waals surface area contributed by atoms with E-state index in [4.69, 9.17) is 0 Å². The van der Waals surface area contributed by atoms with Crippen LogP contribution in [0, 0.1) is 0 Å². The third-order valence-corrected chi connectivity index (χ3v) is 5.45. The van der Waals surface area contributed by atoms with Crippen LogP contribution < -0.4 is 16.0 Å². The summed E-state index contributed by atoms with van der Waals surface area (Å²) in [5, 5.41) is 8.98. The van der Waals surface area contributed by atoms with Gasteiger partial charge >= 0.3 is 0 Å². The van der Waals surface area contributed by atoms with Crippen LogP contribution in [0.25, 0.3) is 0 Å². The van der Waals surface area contributed by atoms with E-state index < -0.39 is 11.5 Å². The summed E-state index contributed by atoms with van der Waals surface area (Å²) in [5.41, 5.74) is 2.21. The Labute approximate surface area is 163 Å². The fraction of sp³-hybridized carbons (Fsp3) is 0.286. The fourth-order valence-corrected chi connectivity index (χ4v) is 3.91. The summed E-state index contributed by atoms with van der Waals surface area (Å²) in [6.07, 6.45) is 0.402. The van der Waals surface area contributed by atoms with Gasteiger partial charge in [0.15, 0.2) is 0 Å². The SMILES string of the molecule is CN(C)C(=O)c1ccc(NC(=O)C2CC3(CN2)C(=O)Nc2ccccc23)cc1. The van der Waals surface area contributed by atoms with E-state index in [1.54, 1.807) is 38.4 Å². The second-order valence-electron chi connectivity index (χ2n) is 7.49. The molecule has 0 aromatic heterocycles. The number of amides is 3. The maximum Gasteiger partial charge on any atom is 0.253 e.